The molecule has 0 bridgehead atoms. The molecule has 0 spiro atoms. The van der Waals surface area contributed by atoms with Crippen LogP contribution in [0.15, 0.2) is 65.8 Å². The highest BCUT2D eigenvalue weighted by Crippen LogP contribution is 2.36. The van der Waals surface area contributed by atoms with E-state index in [-0.39, 0.29) is 12.3 Å². The molecule has 0 fully saturated rings. The second-order valence-electron chi connectivity index (χ2n) is 8.33. The Kier molecular flexibility index (Phi) is 8.23. The van der Waals surface area contributed by atoms with Gasteiger partial charge in [0.15, 0.2) is 5.16 Å². The van der Waals surface area contributed by atoms with Crippen LogP contribution in [0.25, 0.3) is 22.5 Å². The van der Waals surface area contributed by atoms with Crippen LogP contribution in [0.2, 0.25) is 5.02 Å². The molecule has 8 heteroatoms. The van der Waals surface area contributed by atoms with E-state index in [1.165, 1.54) is 37.1 Å². The van der Waals surface area contributed by atoms with Crippen LogP contribution in [0.5, 0.6) is 11.5 Å². The van der Waals surface area contributed by atoms with Gasteiger partial charge in [-0.15, -0.1) is 0 Å². The van der Waals surface area contributed by atoms with Crippen molar-refractivity contribution in [3.05, 3.63) is 76.8 Å². The molecular weight excluding hydrogens is 494 g/mol. The predicted octanol–water partition coefficient (Wildman–Crippen LogP) is 7.15. The fourth-order valence-electron chi connectivity index (χ4n) is 3.68. The van der Waals surface area contributed by atoms with Crippen LogP contribution < -0.4 is 14.8 Å². The SMILES string of the molecule is COc1cc(OC)c(NC(=O)CCSc2nc(-c3ccc(C)cc3)c(-c3ccc(C)cc3)[nH]2)cc1Cl. The van der Waals surface area contributed by atoms with E-state index in [0.717, 1.165) is 27.7 Å². The number of imidazole rings is 1. The Balaban J connectivity index is 1.47. The molecule has 1 aromatic heterocycles. The number of halogens is 1. The Morgan fingerprint density at radius 3 is 2.17 bits per heavy atom. The second-order valence-corrected chi connectivity index (χ2v) is 9.82. The van der Waals surface area contributed by atoms with E-state index in [4.69, 9.17) is 26.1 Å². The maximum atomic E-state index is 12.6. The first-order chi connectivity index (χ1) is 17.4. The number of thioether (sulfide) groups is 1. The first kappa shape index (κ1) is 25.7. The highest BCUT2D eigenvalue weighted by atomic mass is 35.5. The van der Waals surface area contributed by atoms with Crippen LogP contribution in [0, 0.1) is 13.8 Å². The van der Waals surface area contributed by atoms with Gasteiger partial charge >= 0.3 is 0 Å². The largest absolute Gasteiger partial charge is 0.495 e. The molecule has 2 N–H and O–H groups in total. The fourth-order valence-corrected chi connectivity index (χ4v) is 4.73. The summed E-state index contributed by atoms with van der Waals surface area (Å²) >= 11 is 7.72. The molecule has 0 aliphatic heterocycles. The number of H-pyrrole nitrogens is 1. The quantitative estimate of drug-likeness (QED) is 0.229. The van der Waals surface area contributed by atoms with Crippen LogP contribution in [-0.2, 0) is 4.79 Å². The van der Waals surface area contributed by atoms with Crippen molar-refractivity contribution in [2.75, 3.05) is 25.3 Å². The van der Waals surface area contributed by atoms with E-state index in [2.05, 4.69) is 72.7 Å². The summed E-state index contributed by atoms with van der Waals surface area (Å²) in [6, 6.07) is 20.0. The molecule has 1 amide bonds. The van der Waals surface area contributed by atoms with Gasteiger partial charge in [-0.2, -0.15) is 0 Å². The first-order valence-electron chi connectivity index (χ1n) is 11.5. The lowest BCUT2D eigenvalue weighted by atomic mass is 10.0. The molecule has 4 aromatic rings. The molecule has 0 saturated carbocycles. The van der Waals surface area contributed by atoms with Gasteiger partial charge in [-0.3, -0.25) is 4.79 Å². The minimum absolute atomic E-state index is 0.147. The zero-order chi connectivity index (χ0) is 25.7. The number of hydrogen-bond donors (Lipinski definition) is 2. The van der Waals surface area contributed by atoms with Crippen molar-refractivity contribution in [3.8, 4) is 34.0 Å². The Morgan fingerprint density at radius 1 is 0.944 bits per heavy atom. The van der Waals surface area contributed by atoms with E-state index in [1.54, 1.807) is 12.1 Å². The molecule has 1 heterocycles. The molecule has 0 unspecified atom stereocenters. The number of hydrogen-bond acceptors (Lipinski definition) is 5. The van der Waals surface area contributed by atoms with Crippen molar-refractivity contribution in [1.29, 1.82) is 0 Å². The Labute approximate surface area is 220 Å². The number of aromatic nitrogens is 2. The molecule has 0 saturated heterocycles. The van der Waals surface area contributed by atoms with Crippen LogP contribution >= 0.6 is 23.4 Å². The Morgan fingerprint density at radius 2 is 1.56 bits per heavy atom. The Bertz CT molecular complexity index is 1290. The summed E-state index contributed by atoms with van der Waals surface area (Å²) in [5.74, 6) is 1.36. The van der Waals surface area contributed by atoms with Gasteiger partial charge in [0.1, 0.15) is 11.5 Å². The molecule has 0 aliphatic carbocycles. The molecule has 4 rings (SSSR count). The fraction of sp³-hybridized carbons (Fsp3) is 0.214. The Hall–Kier alpha value is -3.42. The number of rotatable bonds is 9. The van der Waals surface area contributed by atoms with Crippen LogP contribution in [-0.4, -0.2) is 35.8 Å². The summed E-state index contributed by atoms with van der Waals surface area (Å²) in [5.41, 5.74) is 6.86. The lowest BCUT2D eigenvalue weighted by Crippen LogP contribution is -2.13. The third kappa shape index (κ3) is 6.04. The van der Waals surface area contributed by atoms with Crippen molar-refractivity contribution in [1.82, 2.24) is 9.97 Å². The van der Waals surface area contributed by atoms with Crippen molar-refractivity contribution < 1.29 is 14.3 Å². The number of aromatic amines is 1. The highest BCUT2D eigenvalue weighted by molar-refractivity contribution is 7.99. The predicted molar refractivity (Wildman–Crippen MR) is 147 cm³/mol. The second kappa shape index (κ2) is 11.5. The normalized spacial score (nSPS) is 10.8. The van der Waals surface area contributed by atoms with Crippen molar-refractivity contribution >= 4 is 35.0 Å². The number of nitrogens with one attached hydrogen (secondary N) is 2. The monoisotopic (exact) mass is 521 g/mol. The number of ether oxygens (including phenoxy) is 2. The van der Waals surface area contributed by atoms with Crippen LogP contribution in [0.4, 0.5) is 5.69 Å². The topological polar surface area (TPSA) is 76.2 Å². The zero-order valence-corrected chi connectivity index (χ0v) is 22.2. The molecule has 0 aliphatic rings. The summed E-state index contributed by atoms with van der Waals surface area (Å²) in [7, 11) is 3.06. The number of aryl methyl sites for hydroxylation is 2. The van der Waals surface area contributed by atoms with Gasteiger partial charge in [-0.1, -0.05) is 83.0 Å². The number of methoxy groups -OCH3 is 2. The molecule has 0 atom stereocenters. The van der Waals surface area contributed by atoms with Gasteiger partial charge in [0.2, 0.25) is 5.91 Å². The lowest BCUT2D eigenvalue weighted by molar-refractivity contribution is -0.115. The van der Waals surface area contributed by atoms with E-state index >= 15 is 0 Å². The molecule has 0 radical (unpaired) electrons. The van der Waals surface area contributed by atoms with Crippen molar-refractivity contribution in [2.45, 2.75) is 25.4 Å². The number of carbonyl (C=O) groups is 1. The van der Waals surface area contributed by atoms with E-state index in [9.17, 15) is 4.79 Å². The summed E-state index contributed by atoms with van der Waals surface area (Å²) in [6.45, 7) is 4.14. The van der Waals surface area contributed by atoms with E-state index in [1.807, 2.05) is 0 Å². The van der Waals surface area contributed by atoms with Gasteiger partial charge in [-0.05, 0) is 19.9 Å². The first-order valence-corrected chi connectivity index (χ1v) is 12.8. The van der Waals surface area contributed by atoms with E-state index < -0.39 is 0 Å². The minimum Gasteiger partial charge on any atom is -0.495 e. The van der Waals surface area contributed by atoms with Gasteiger partial charge in [0.05, 0.1) is 36.3 Å². The summed E-state index contributed by atoms with van der Waals surface area (Å²) in [6.07, 6.45) is 0.290. The number of nitrogens with zero attached hydrogens (tertiary/aromatic N) is 1. The standard InChI is InChI=1S/C28H28ClN3O3S/c1-17-5-9-19(10-6-17)26-27(20-11-7-18(2)8-12-20)32-28(31-26)36-14-13-25(33)30-22-15-21(29)23(34-3)16-24(22)35-4/h5-12,15-16H,13-14H2,1-4H3,(H,30,33)(H,31,32). The molecule has 186 valence electrons. The van der Waals surface area contributed by atoms with Gasteiger partial charge in [0.25, 0.3) is 0 Å². The minimum atomic E-state index is -0.147. The van der Waals surface area contributed by atoms with Gasteiger partial charge in [0, 0.05) is 29.4 Å². The van der Waals surface area contributed by atoms with Crippen LogP contribution in [0.1, 0.15) is 17.5 Å². The molecule has 3 aromatic carbocycles. The maximum Gasteiger partial charge on any atom is 0.225 e. The van der Waals surface area contributed by atoms with Crippen molar-refractivity contribution in [2.24, 2.45) is 0 Å². The molecular formula is C28H28ClN3O3S. The number of benzene rings is 3. The number of anilines is 1. The third-order valence-corrected chi connectivity index (χ3v) is 6.83. The van der Waals surface area contributed by atoms with Crippen molar-refractivity contribution in [3.63, 3.8) is 0 Å². The van der Waals surface area contributed by atoms with Gasteiger partial charge < -0.3 is 19.8 Å². The maximum absolute atomic E-state index is 12.6. The number of carbonyl (C=O) groups excluding carboxylic acids is 1. The lowest BCUT2D eigenvalue weighted by Gasteiger charge is -2.13. The summed E-state index contributed by atoms with van der Waals surface area (Å²) in [5, 5.41) is 4.03. The summed E-state index contributed by atoms with van der Waals surface area (Å²) in [4.78, 5) is 21.0. The average Bonchev–Trinajstić information content (AvgIpc) is 3.29. The molecule has 36 heavy (non-hydrogen) atoms. The smallest absolute Gasteiger partial charge is 0.225 e. The third-order valence-electron chi connectivity index (χ3n) is 5.66. The number of amides is 1. The summed E-state index contributed by atoms with van der Waals surface area (Å²) < 4.78 is 10.6. The van der Waals surface area contributed by atoms with Crippen LogP contribution in [0.3, 0.4) is 0 Å². The highest BCUT2D eigenvalue weighted by Gasteiger charge is 2.16. The molecule has 6 nitrogen and oxygen atoms in total. The zero-order valence-electron chi connectivity index (χ0n) is 20.6. The van der Waals surface area contributed by atoms with Gasteiger partial charge in [-0.25, -0.2) is 4.98 Å². The van der Waals surface area contributed by atoms with E-state index in [0.29, 0.717) is 28.0 Å². The average molecular weight is 522 g/mol.